The van der Waals surface area contributed by atoms with Gasteiger partial charge in [0.25, 0.3) is 5.91 Å². The molecule has 0 fully saturated rings. The van der Waals surface area contributed by atoms with Crippen LogP contribution in [0, 0.1) is 6.92 Å². The highest BCUT2D eigenvalue weighted by Gasteiger charge is 2.25. The molecule has 0 aliphatic rings. The Kier molecular flexibility index (Phi) is 4.84. The number of furan rings is 1. The molecule has 10 heteroatoms. The van der Waals surface area contributed by atoms with Crippen molar-refractivity contribution in [3.05, 3.63) is 33.4 Å². The van der Waals surface area contributed by atoms with Crippen LogP contribution in [0.1, 0.15) is 15.4 Å². The summed E-state index contributed by atoms with van der Waals surface area (Å²) in [5, 5.41) is 4.06. The molecule has 0 unspecified atom stereocenters. The Hall–Kier alpha value is -1.91. The van der Waals surface area contributed by atoms with E-state index >= 15 is 0 Å². The number of benzene rings is 1. The number of fused-ring (bicyclic) bond motifs is 1. The lowest BCUT2D eigenvalue weighted by Crippen LogP contribution is -2.25. The molecule has 1 aromatic carbocycles. The van der Waals surface area contributed by atoms with Gasteiger partial charge < -0.3 is 9.73 Å². The summed E-state index contributed by atoms with van der Waals surface area (Å²) in [6.45, 7) is 1.87. The van der Waals surface area contributed by atoms with Crippen LogP contribution in [0.15, 0.2) is 27.2 Å². The topological polar surface area (TPSA) is 92.5 Å². The third kappa shape index (κ3) is 3.24. The highest BCUT2D eigenvalue weighted by atomic mass is 79.9. The minimum absolute atomic E-state index is 0.291. The van der Waals surface area contributed by atoms with Gasteiger partial charge in [0.1, 0.15) is 5.58 Å². The van der Waals surface area contributed by atoms with Crippen LogP contribution in [-0.4, -0.2) is 39.7 Å². The number of halogens is 1. The van der Waals surface area contributed by atoms with Crippen LogP contribution in [0.2, 0.25) is 0 Å². The van der Waals surface area contributed by atoms with Crippen molar-refractivity contribution in [1.82, 2.24) is 10.3 Å². The maximum atomic E-state index is 12.5. The average molecular weight is 458 g/mol. The number of nitrogens with zero attached hydrogens (tertiary/aromatic N) is 2. The van der Waals surface area contributed by atoms with Crippen LogP contribution in [-0.2, 0) is 10.0 Å². The molecule has 0 radical (unpaired) electrons. The Balaban J connectivity index is 2.31. The normalized spacial score (nSPS) is 11.7. The Morgan fingerprint density at radius 2 is 2.08 bits per heavy atom. The van der Waals surface area contributed by atoms with E-state index < -0.39 is 10.0 Å². The van der Waals surface area contributed by atoms with Crippen molar-refractivity contribution in [3.8, 4) is 10.6 Å². The van der Waals surface area contributed by atoms with Crippen LogP contribution in [0.3, 0.4) is 0 Å². The summed E-state index contributed by atoms with van der Waals surface area (Å²) in [5.74, 6) is 0.122. The van der Waals surface area contributed by atoms with Gasteiger partial charge in [-0.05, 0) is 28.9 Å². The molecule has 2 heterocycles. The molecule has 1 amide bonds. The van der Waals surface area contributed by atoms with Crippen LogP contribution in [0.25, 0.3) is 21.6 Å². The number of rotatable bonds is 4. The molecule has 0 aliphatic heterocycles. The number of aromatic nitrogens is 1. The summed E-state index contributed by atoms with van der Waals surface area (Å²) < 4.78 is 31.4. The maximum absolute atomic E-state index is 12.5. The van der Waals surface area contributed by atoms with E-state index in [0.29, 0.717) is 32.5 Å². The number of carbonyl (C=O) groups excluding carboxylic acids is 1. The molecule has 0 saturated heterocycles. The van der Waals surface area contributed by atoms with Crippen LogP contribution in [0.4, 0.5) is 5.69 Å². The van der Waals surface area contributed by atoms with Gasteiger partial charge >= 0.3 is 0 Å². The summed E-state index contributed by atoms with van der Waals surface area (Å²) in [5.41, 5.74) is 1.23. The van der Waals surface area contributed by atoms with Gasteiger partial charge in [-0.3, -0.25) is 9.10 Å². The van der Waals surface area contributed by atoms with Gasteiger partial charge in [-0.15, -0.1) is 11.3 Å². The first kappa shape index (κ1) is 18.9. The molecule has 0 spiro atoms. The number of hydrogen-bond donors (Lipinski definition) is 1. The molecule has 138 valence electrons. The summed E-state index contributed by atoms with van der Waals surface area (Å²) >= 11 is 4.81. The summed E-state index contributed by atoms with van der Waals surface area (Å²) in [6.07, 6.45) is 2.77. The molecule has 0 saturated carbocycles. The second kappa shape index (κ2) is 6.67. The molecule has 7 nitrogen and oxygen atoms in total. The fourth-order valence-corrected chi connectivity index (χ4v) is 4.52. The lowest BCUT2D eigenvalue weighted by Gasteiger charge is -2.18. The lowest BCUT2D eigenvalue weighted by atomic mass is 10.1. The molecule has 1 N–H and O–H groups in total. The second-order valence-electron chi connectivity index (χ2n) is 5.66. The first-order valence-electron chi connectivity index (χ1n) is 7.48. The lowest BCUT2D eigenvalue weighted by molar-refractivity contribution is 0.0964. The van der Waals surface area contributed by atoms with Gasteiger partial charge in [-0.2, -0.15) is 0 Å². The van der Waals surface area contributed by atoms with E-state index in [1.807, 2.05) is 6.92 Å². The Bertz CT molecular complexity index is 1120. The largest absolute Gasteiger partial charge is 0.454 e. The monoisotopic (exact) mass is 457 g/mol. The Labute approximate surface area is 163 Å². The van der Waals surface area contributed by atoms with E-state index in [9.17, 15) is 13.2 Å². The number of nitrogens with one attached hydrogen (secondary N) is 1. The standard InChI is InChI=1S/C16H16BrN3O4S2/c1-8-19-7-13(25-8)15-14(16(21)18-2)9-5-10(17)11(6-12(9)24-15)20(3)26(4,22)23/h5-7H,1-4H3,(H,18,21). The van der Waals surface area contributed by atoms with E-state index in [4.69, 9.17) is 4.42 Å². The van der Waals surface area contributed by atoms with Crippen molar-refractivity contribution in [2.45, 2.75) is 6.92 Å². The number of thiazole rings is 1. The second-order valence-corrected chi connectivity index (χ2v) is 9.76. The van der Waals surface area contributed by atoms with Gasteiger partial charge in [-0.25, -0.2) is 13.4 Å². The van der Waals surface area contributed by atoms with Gasteiger partial charge in [0.2, 0.25) is 10.0 Å². The summed E-state index contributed by atoms with van der Waals surface area (Å²) in [4.78, 5) is 17.4. The fourth-order valence-electron chi connectivity index (χ4n) is 2.52. The van der Waals surface area contributed by atoms with Gasteiger partial charge in [0.15, 0.2) is 5.76 Å². The van der Waals surface area contributed by atoms with Crippen molar-refractivity contribution in [3.63, 3.8) is 0 Å². The smallest absolute Gasteiger partial charge is 0.255 e. The van der Waals surface area contributed by atoms with Crippen molar-refractivity contribution in [2.24, 2.45) is 0 Å². The number of anilines is 1. The first-order chi connectivity index (χ1) is 12.1. The minimum Gasteiger partial charge on any atom is -0.454 e. The van der Waals surface area contributed by atoms with E-state index in [2.05, 4.69) is 26.2 Å². The molecular weight excluding hydrogens is 442 g/mol. The van der Waals surface area contributed by atoms with E-state index in [0.717, 1.165) is 20.4 Å². The number of amides is 1. The molecule has 26 heavy (non-hydrogen) atoms. The predicted octanol–water partition coefficient (Wildman–Crippen LogP) is 3.38. The number of sulfonamides is 1. The zero-order valence-corrected chi connectivity index (χ0v) is 17.7. The number of aryl methyl sites for hydroxylation is 1. The molecule has 0 bridgehead atoms. The average Bonchev–Trinajstić information content (AvgIpc) is 3.15. The van der Waals surface area contributed by atoms with Crippen molar-refractivity contribution in [1.29, 1.82) is 0 Å². The third-order valence-electron chi connectivity index (χ3n) is 3.89. The number of carbonyl (C=O) groups is 1. The van der Waals surface area contributed by atoms with Crippen LogP contribution < -0.4 is 9.62 Å². The fraction of sp³-hybridized carbons (Fsp3) is 0.250. The van der Waals surface area contributed by atoms with Crippen molar-refractivity contribution in [2.75, 3.05) is 24.7 Å². The molecule has 3 aromatic rings. The van der Waals surface area contributed by atoms with Crippen molar-refractivity contribution < 1.29 is 17.6 Å². The molecule has 3 rings (SSSR count). The zero-order chi connectivity index (χ0) is 19.2. The molecular formula is C16H16BrN3O4S2. The number of hydrogen-bond acceptors (Lipinski definition) is 6. The molecule has 0 atom stereocenters. The van der Waals surface area contributed by atoms with Crippen LogP contribution in [0.5, 0.6) is 0 Å². The molecule has 0 aliphatic carbocycles. The Morgan fingerprint density at radius 3 is 2.62 bits per heavy atom. The first-order valence-corrected chi connectivity index (χ1v) is 10.9. The Morgan fingerprint density at radius 1 is 1.38 bits per heavy atom. The van der Waals surface area contributed by atoms with Crippen LogP contribution >= 0.6 is 27.3 Å². The van der Waals surface area contributed by atoms with E-state index in [1.165, 1.54) is 18.4 Å². The zero-order valence-electron chi connectivity index (χ0n) is 14.5. The highest BCUT2D eigenvalue weighted by molar-refractivity contribution is 9.10. The summed E-state index contributed by atoms with van der Waals surface area (Å²) in [7, 11) is -0.445. The maximum Gasteiger partial charge on any atom is 0.255 e. The quantitative estimate of drug-likeness (QED) is 0.647. The SMILES string of the molecule is CNC(=O)c1c(-c2cnc(C)s2)oc2cc(N(C)S(C)(=O)=O)c(Br)cc12. The summed E-state index contributed by atoms with van der Waals surface area (Å²) in [6, 6.07) is 3.29. The van der Waals surface area contributed by atoms with Gasteiger partial charge in [-0.1, -0.05) is 0 Å². The van der Waals surface area contributed by atoms with Gasteiger partial charge in [0.05, 0.1) is 27.4 Å². The molecule has 2 aromatic heterocycles. The third-order valence-corrected chi connectivity index (χ3v) is 6.63. The van der Waals surface area contributed by atoms with Crippen molar-refractivity contribution >= 4 is 59.9 Å². The predicted molar refractivity (Wildman–Crippen MR) is 106 cm³/mol. The minimum atomic E-state index is -3.45. The van der Waals surface area contributed by atoms with E-state index in [-0.39, 0.29) is 5.91 Å². The van der Waals surface area contributed by atoms with Gasteiger partial charge in [0, 0.05) is 36.2 Å². The van der Waals surface area contributed by atoms with E-state index in [1.54, 1.807) is 25.4 Å². The highest BCUT2D eigenvalue weighted by Crippen LogP contribution is 2.40.